The molecule has 152 valence electrons. The van der Waals surface area contributed by atoms with Crippen LogP contribution < -0.4 is 28.0 Å². The van der Waals surface area contributed by atoms with Crippen molar-refractivity contribution in [1.82, 2.24) is 0 Å². The number of hydrogen-bond donors (Lipinski definition) is 2. The number of carbonyl (C=O) groups is 1. The molecule has 6 heteroatoms. The molecule has 0 bridgehead atoms. The normalized spacial score (nSPS) is 10.5. The maximum absolute atomic E-state index is 12.8. The number of aryl methyl sites for hydroxylation is 1. The number of carbonyl (C=O) groups excluding carboxylic acids is 1. The molecule has 30 heavy (non-hydrogen) atoms. The van der Waals surface area contributed by atoms with Crippen molar-refractivity contribution >= 4 is 34.1 Å². The third-order valence-electron chi connectivity index (χ3n) is 4.84. The fraction of sp³-hybridized carbons (Fsp3) is 0.0833. The van der Waals surface area contributed by atoms with Crippen LogP contribution >= 0.6 is 11.6 Å². The van der Waals surface area contributed by atoms with Gasteiger partial charge in [-0.15, -0.1) is 0 Å². The van der Waals surface area contributed by atoms with Gasteiger partial charge in [0.2, 0.25) is 11.2 Å². The van der Waals surface area contributed by atoms with E-state index in [2.05, 4.69) is 28.1 Å². The minimum absolute atomic E-state index is 0. The maximum Gasteiger partial charge on any atom is 0.255 e. The first-order valence-electron chi connectivity index (χ1n) is 9.36. The molecule has 1 amide bonds. The van der Waals surface area contributed by atoms with Crippen molar-refractivity contribution < 1.29 is 21.8 Å². The number of amides is 1. The summed E-state index contributed by atoms with van der Waals surface area (Å²) < 4.78 is 2.07. The van der Waals surface area contributed by atoms with E-state index in [0.29, 0.717) is 17.1 Å². The second-order valence-electron chi connectivity index (χ2n) is 6.96. The molecule has 0 radical (unpaired) electrons. The summed E-state index contributed by atoms with van der Waals surface area (Å²) in [4.78, 5) is 12.8. The average Bonchev–Trinajstić information content (AvgIpc) is 2.73. The molecule has 4 aromatic rings. The van der Waals surface area contributed by atoms with Gasteiger partial charge in [0.25, 0.3) is 5.91 Å². The van der Waals surface area contributed by atoms with Crippen LogP contribution in [0.5, 0.6) is 0 Å². The lowest BCUT2D eigenvalue weighted by atomic mass is 10.1. The van der Waals surface area contributed by atoms with Gasteiger partial charge in [0, 0.05) is 40.7 Å². The number of nitrogens with two attached hydrogens (primary N) is 1. The third kappa shape index (κ3) is 4.46. The molecule has 0 saturated carbocycles. The molecule has 0 atom stereocenters. The van der Waals surface area contributed by atoms with Crippen LogP contribution in [0.1, 0.15) is 21.5 Å². The van der Waals surface area contributed by atoms with Crippen molar-refractivity contribution in [1.29, 1.82) is 0 Å². The van der Waals surface area contributed by atoms with Crippen molar-refractivity contribution in [2.75, 3.05) is 5.32 Å². The fourth-order valence-corrected chi connectivity index (χ4v) is 3.58. The Morgan fingerprint density at radius 3 is 2.63 bits per heavy atom. The van der Waals surface area contributed by atoms with Gasteiger partial charge in [-0.1, -0.05) is 29.8 Å². The van der Waals surface area contributed by atoms with Crippen LogP contribution in [0.25, 0.3) is 16.6 Å². The molecule has 1 aromatic heterocycles. The van der Waals surface area contributed by atoms with Gasteiger partial charge in [0.1, 0.15) is 5.69 Å². The molecule has 0 aliphatic carbocycles. The van der Waals surface area contributed by atoms with E-state index >= 15 is 0 Å². The molecule has 1 heterocycles. The Hall–Kier alpha value is -2.92. The molecular formula is C24H21Cl2N3O. The first-order valence-corrected chi connectivity index (χ1v) is 9.74. The molecule has 4 rings (SSSR count). The minimum atomic E-state index is -0.203. The van der Waals surface area contributed by atoms with Crippen LogP contribution in [0.15, 0.2) is 79.0 Å². The van der Waals surface area contributed by atoms with E-state index in [-0.39, 0.29) is 18.3 Å². The van der Waals surface area contributed by atoms with Gasteiger partial charge in [0.15, 0.2) is 6.20 Å². The number of anilines is 1. The highest BCUT2D eigenvalue weighted by molar-refractivity contribution is 6.31. The van der Waals surface area contributed by atoms with Crippen molar-refractivity contribution in [2.24, 2.45) is 5.73 Å². The Bertz CT molecular complexity index is 1220. The number of benzene rings is 3. The first-order chi connectivity index (χ1) is 14.0. The topological polar surface area (TPSA) is 59.0 Å². The monoisotopic (exact) mass is 437 g/mol. The molecule has 4 nitrogen and oxygen atoms in total. The molecule has 0 saturated heterocycles. The van der Waals surface area contributed by atoms with Crippen LogP contribution in [0.2, 0.25) is 5.02 Å². The zero-order valence-corrected chi connectivity index (χ0v) is 17.9. The van der Waals surface area contributed by atoms with Crippen molar-refractivity contribution in [2.45, 2.75) is 13.5 Å². The molecule has 3 aromatic carbocycles. The van der Waals surface area contributed by atoms with Gasteiger partial charge in [-0.3, -0.25) is 4.79 Å². The van der Waals surface area contributed by atoms with Gasteiger partial charge in [0.05, 0.1) is 0 Å². The Morgan fingerprint density at radius 1 is 1.03 bits per heavy atom. The number of hydrogen-bond acceptors (Lipinski definition) is 2. The van der Waals surface area contributed by atoms with E-state index in [1.807, 2.05) is 43.5 Å². The van der Waals surface area contributed by atoms with Gasteiger partial charge < -0.3 is 23.5 Å². The number of nitrogens with zero attached hydrogens (tertiary/aromatic N) is 1. The predicted octanol–water partition coefficient (Wildman–Crippen LogP) is 1.79. The number of nitrogens with one attached hydrogen (secondary N) is 1. The first kappa shape index (κ1) is 21.8. The van der Waals surface area contributed by atoms with Gasteiger partial charge in [-0.05, 0) is 54.4 Å². The standard InChI is InChI=1S/C24H20ClN3O.ClH/c1-16-7-9-23(21(12-16)27-24(29)19-4-2-6-20(25)14-19)28-11-3-5-18-13-17(15-26)8-10-22(18)28;/h2-14H,15,26H2,1H3;1H. The summed E-state index contributed by atoms with van der Waals surface area (Å²) in [5.74, 6) is -0.203. The summed E-state index contributed by atoms with van der Waals surface area (Å²) >= 11 is 6.04. The van der Waals surface area contributed by atoms with Gasteiger partial charge in [-0.25, -0.2) is 0 Å². The van der Waals surface area contributed by atoms with Gasteiger partial charge in [-0.2, -0.15) is 4.57 Å². The van der Waals surface area contributed by atoms with E-state index in [1.165, 1.54) is 0 Å². The summed E-state index contributed by atoms with van der Waals surface area (Å²) in [5, 5.41) is 4.66. The van der Waals surface area contributed by atoms with E-state index < -0.39 is 0 Å². The molecule has 0 aliphatic heterocycles. The number of rotatable bonds is 4. The van der Waals surface area contributed by atoms with Crippen LogP contribution in [0.4, 0.5) is 5.69 Å². The molecular weight excluding hydrogens is 417 g/mol. The SMILES string of the molecule is Cc1ccc(-[n+]2cccc3cc(CN)ccc32)c(NC(=O)c2cccc(Cl)c2)c1.[Cl-]. The second-order valence-corrected chi connectivity index (χ2v) is 7.40. The number of fused-ring (bicyclic) bond motifs is 1. The summed E-state index contributed by atoms with van der Waals surface area (Å²) in [6, 6.07) is 23.2. The molecule has 3 N–H and O–H groups in total. The Labute approximate surface area is 186 Å². The Kier molecular flexibility index (Phi) is 6.73. The Balaban J connectivity index is 0.00000256. The smallest absolute Gasteiger partial charge is 0.255 e. The summed E-state index contributed by atoms with van der Waals surface area (Å²) in [6.07, 6.45) is 1.99. The number of halogens is 2. The van der Waals surface area contributed by atoms with Gasteiger partial charge >= 0.3 is 0 Å². The van der Waals surface area contributed by atoms with E-state index in [4.69, 9.17) is 17.3 Å². The number of pyridine rings is 1. The molecule has 0 fully saturated rings. The van der Waals surface area contributed by atoms with Crippen LogP contribution in [-0.4, -0.2) is 5.91 Å². The van der Waals surface area contributed by atoms with Crippen molar-refractivity contribution in [3.63, 3.8) is 0 Å². The highest BCUT2D eigenvalue weighted by Gasteiger charge is 2.19. The fourth-order valence-electron chi connectivity index (χ4n) is 3.39. The highest BCUT2D eigenvalue weighted by Crippen LogP contribution is 2.22. The largest absolute Gasteiger partial charge is 1.00 e. The lowest BCUT2D eigenvalue weighted by molar-refractivity contribution is -0.566. The predicted molar refractivity (Wildman–Crippen MR) is 118 cm³/mol. The minimum Gasteiger partial charge on any atom is -1.00 e. The zero-order chi connectivity index (χ0) is 20.4. The Morgan fingerprint density at radius 2 is 1.87 bits per heavy atom. The quantitative estimate of drug-likeness (QED) is 0.478. The lowest BCUT2D eigenvalue weighted by Crippen LogP contribution is -3.00. The van der Waals surface area contributed by atoms with E-state index in [0.717, 1.165) is 33.4 Å². The van der Waals surface area contributed by atoms with E-state index in [9.17, 15) is 4.79 Å². The molecule has 0 spiro atoms. The van der Waals surface area contributed by atoms with Crippen molar-refractivity contribution in [3.8, 4) is 5.69 Å². The third-order valence-corrected chi connectivity index (χ3v) is 5.08. The summed E-state index contributed by atoms with van der Waals surface area (Å²) in [6.45, 7) is 2.50. The average molecular weight is 438 g/mol. The summed E-state index contributed by atoms with van der Waals surface area (Å²) in [5.41, 5.74) is 11.1. The van der Waals surface area contributed by atoms with Crippen LogP contribution in [-0.2, 0) is 6.54 Å². The lowest BCUT2D eigenvalue weighted by Gasteiger charge is -2.10. The van der Waals surface area contributed by atoms with Crippen LogP contribution in [0.3, 0.4) is 0 Å². The summed E-state index contributed by atoms with van der Waals surface area (Å²) in [7, 11) is 0. The zero-order valence-electron chi connectivity index (χ0n) is 16.4. The maximum atomic E-state index is 12.8. The van der Waals surface area contributed by atoms with Crippen molar-refractivity contribution in [3.05, 3.63) is 101 Å². The highest BCUT2D eigenvalue weighted by atomic mass is 35.5. The molecule has 0 unspecified atom stereocenters. The second kappa shape index (κ2) is 9.26. The number of aromatic nitrogens is 1. The molecule has 0 aliphatic rings. The van der Waals surface area contributed by atoms with Crippen LogP contribution in [0, 0.1) is 6.92 Å². The van der Waals surface area contributed by atoms with E-state index in [1.54, 1.807) is 24.3 Å².